The van der Waals surface area contributed by atoms with Gasteiger partial charge in [0, 0.05) is 5.69 Å². The molecule has 0 aliphatic rings. The number of hydrogen-bond acceptors (Lipinski definition) is 5. The SMILES string of the molecule is CS(=O)(=O)Nc1cccc(-c2cccc(Oc3cnc4c(Cl)cccc4n3)c2)c1. The largest absolute Gasteiger partial charge is 0.437 e. The fourth-order valence-electron chi connectivity index (χ4n) is 2.87. The molecule has 1 aromatic heterocycles. The zero-order valence-electron chi connectivity index (χ0n) is 15.3. The van der Waals surface area contributed by atoms with Crippen LogP contribution in [0.3, 0.4) is 0 Å². The van der Waals surface area contributed by atoms with E-state index in [9.17, 15) is 8.42 Å². The molecule has 0 unspecified atom stereocenters. The van der Waals surface area contributed by atoms with Crippen LogP contribution in [0.15, 0.2) is 72.9 Å². The molecular weight excluding hydrogens is 410 g/mol. The Balaban J connectivity index is 1.62. The average molecular weight is 426 g/mol. The number of aromatic nitrogens is 2. The van der Waals surface area contributed by atoms with Gasteiger partial charge in [0.1, 0.15) is 11.3 Å². The van der Waals surface area contributed by atoms with Crippen LogP contribution in [-0.4, -0.2) is 24.6 Å². The fourth-order valence-corrected chi connectivity index (χ4v) is 3.65. The van der Waals surface area contributed by atoms with Crippen LogP contribution in [0.5, 0.6) is 11.6 Å². The summed E-state index contributed by atoms with van der Waals surface area (Å²) in [6.45, 7) is 0. The summed E-state index contributed by atoms with van der Waals surface area (Å²) in [5.74, 6) is 0.934. The third-order valence-electron chi connectivity index (χ3n) is 4.06. The maximum Gasteiger partial charge on any atom is 0.238 e. The van der Waals surface area contributed by atoms with Crippen molar-refractivity contribution in [2.75, 3.05) is 11.0 Å². The van der Waals surface area contributed by atoms with E-state index in [1.807, 2.05) is 36.4 Å². The highest BCUT2D eigenvalue weighted by atomic mass is 35.5. The van der Waals surface area contributed by atoms with Gasteiger partial charge in [0.05, 0.1) is 23.0 Å². The number of anilines is 1. The van der Waals surface area contributed by atoms with Crippen molar-refractivity contribution in [2.45, 2.75) is 0 Å². The van der Waals surface area contributed by atoms with Crippen LogP contribution in [0.4, 0.5) is 5.69 Å². The van der Waals surface area contributed by atoms with Crippen LogP contribution >= 0.6 is 11.6 Å². The molecule has 0 aliphatic carbocycles. The molecule has 4 rings (SSSR count). The number of ether oxygens (including phenoxy) is 1. The van der Waals surface area contributed by atoms with E-state index in [0.29, 0.717) is 33.4 Å². The summed E-state index contributed by atoms with van der Waals surface area (Å²) in [6, 6.07) is 20.0. The van der Waals surface area contributed by atoms with Gasteiger partial charge in [0.15, 0.2) is 0 Å². The van der Waals surface area contributed by atoms with E-state index < -0.39 is 10.0 Å². The van der Waals surface area contributed by atoms with Gasteiger partial charge in [-0.15, -0.1) is 0 Å². The van der Waals surface area contributed by atoms with Gasteiger partial charge in [-0.05, 0) is 47.5 Å². The fraction of sp³-hybridized carbons (Fsp3) is 0.0476. The van der Waals surface area contributed by atoms with E-state index >= 15 is 0 Å². The van der Waals surface area contributed by atoms with E-state index in [0.717, 1.165) is 17.4 Å². The third-order valence-corrected chi connectivity index (χ3v) is 4.97. The van der Waals surface area contributed by atoms with E-state index in [-0.39, 0.29) is 0 Å². The smallest absolute Gasteiger partial charge is 0.238 e. The maximum absolute atomic E-state index is 11.5. The van der Waals surface area contributed by atoms with Crippen LogP contribution < -0.4 is 9.46 Å². The quantitative estimate of drug-likeness (QED) is 0.480. The minimum absolute atomic E-state index is 0.351. The van der Waals surface area contributed by atoms with Gasteiger partial charge in [-0.25, -0.2) is 18.4 Å². The molecule has 0 saturated carbocycles. The van der Waals surface area contributed by atoms with Crippen molar-refractivity contribution in [3.8, 4) is 22.8 Å². The first-order valence-corrected chi connectivity index (χ1v) is 10.9. The number of fused-ring (bicyclic) bond motifs is 1. The summed E-state index contributed by atoms with van der Waals surface area (Å²) < 4.78 is 31.3. The number of halogens is 1. The summed E-state index contributed by atoms with van der Waals surface area (Å²) in [6.07, 6.45) is 2.64. The van der Waals surface area contributed by atoms with Crippen molar-refractivity contribution in [1.82, 2.24) is 9.97 Å². The van der Waals surface area contributed by atoms with Gasteiger partial charge in [-0.3, -0.25) is 4.72 Å². The number of nitrogens with one attached hydrogen (secondary N) is 1. The Morgan fingerprint density at radius 1 is 0.966 bits per heavy atom. The molecule has 3 aromatic carbocycles. The second-order valence-corrected chi connectivity index (χ2v) is 8.56. The molecule has 4 aromatic rings. The van der Waals surface area contributed by atoms with Gasteiger partial charge < -0.3 is 4.74 Å². The number of sulfonamides is 1. The monoisotopic (exact) mass is 425 g/mol. The lowest BCUT2D eigenvalue weighted by molar-refractivity contribution is 0.463. The molecule has 0 fully saturated rings. The molecule has 0 radical (unpaired) electrons. The first-order chi connectivity index (χ1) is 13.9. The van der Waals surface area contributed by atoms with Crippen molar-refractivity contribution >= 4 is 38.3 Å². The Morgan fingerprint density at radius 3 is 2.48 bits per heavy atom. The second kappa shape index (κ2) is 7.69. The predicted octanol–water partition coefficient (Wildman–Crippen LogP) is 5.11. The summed E-state index contributed by atoms with van der Waals surface area (Å²) >= 11 is 6.12. The molecule has 0 amide bonds. The molecular formula is C21H16ClN3O3S. The molecule has 0 bridgehead atoms. The predicted molar refractivity (Wildman–Crippen MR) is 115 cm³/mol. The number of rotatable bonds is 5. The van der Waals surface area contributed by atoms with Crippen molar-refractivity contribution in [1.29, 1.82) is 0 Å². The molecule has 0 aliphatic heterocycles. The topological polar surface area (TPSA) is 81.2 Å². The molecule has 29 heavy (non-hydrogen) atoms. The first-order valence-electron chi connectivity index (χ1n) is 8.65. The van der Waals surface area contributed by atoms with Gasteiger partial charge in [-0.2, -0.15) is 0 Å². The summed E-state index contributed by atoms with van der Waals surface area (Å²) in [7, 11) is -3.35. The van der Waals surface area contributed by atoms with Crippen molar-refractivity contribution in [3.63, 3.8) is 0 Å². The van der Waals surface area contributed by atoms with Crippen LogP contribution in [0.2, 0.25) is 5.02 Å². The van der Waals surface area contributed by atoms with Crippen molar-refractivity contribution in [2.24, 2.45) is 0 Å². The maximum atomic E-state index is 11.5. The highest BCUT2D eigenvalue weighted by molar-refractivity contribution is 7.92. The van der Waals surface area contributed by atoms with E-state index in [4.69, 9.17) is 16.3 Å². The summed E-state index contributed by atoms with van der Waals surface area (Å²) in [5, 5.41) is 0.533. The Bertz CT molecular complexity index is 1310. The standard InChI is InChI=1S/C21H16ClN3O3S/c1-29(26,27)25-16-7-2-5-14(11-16)15-6-3-8-17(12-15)28-20-13-23-21-18(22)9-4-10-19(21)24-20/h2-13,25H,1H3. The zero-order valence-corrected chi connectivity index (χ0v) is 16.9. The third kappa shape index (κ3) is 4.64. The highest BCUT2D eigenvalue weighted by Crippen LogP contribution is 2.29. The number of benzene rings is 3. The van der Waals surface area contributed by atoms with E-state index in [2.05, 4.69) is 14.7 Å². The molecule has 8 heteroatoms. The highest BCUT2D eigenvalue weighted by Gasteiger charge is 2.08. The molecule has 6 nitrogen and oxygen atoms in total. The van der Waals surface area contributed by atoms with Gasteiger partial charge in [-0.1, -0.05) is 41.9 Å². The van der Waals surface area contributed by atoms with Crippen LogP contribution in [0.25, 0.3) is 22.2 Å². The van der Waals surface area contributed by atoms with E-state index in [1.54, 1.807) is 30.3 Å². The Kier molecular flexibility index (Phi) is 5.08. The molecule has 0 spiro atoms. The number of hydrogen-bond donors (Lipinski definition) is 1. The van der Waals surface area contributed by atoms with Gasteiger partial charge >= 0.3 is 0 Å². The number of nitrogens with zero attached hydrogens (tertiary/aromatic N) is 2. The molecule has 1 N–H and O–H groups in total. The van der Waals surface area contributed by atoms with E-state index in [1.165, 1.54) is 6.20 Å². The van der Waals surface area contributed by atoms with Crippen molar-refractivity contribution < 1.29 is 13.2 Å². The Labute approximate surface area is 173 Å². The lowest BCUT2D eigenvalue weighted by Crippen LogP contribution is -2.09. The Hall–Kier alpha value is -3.16. The molecule has 0 saturated heterocycles. The van der Waals surface area contributed by atoms with Gasteiger partial charge in [0.2, 0.25) is 15.9 Å². The summed E-state index contributed by atoms with van der Waals surface area (Å²) in [4.78, 5) is 8.76. The normalized spacial score (nSPS) is 11.4. The molecule has 0 atom stereocenters. The second-order valence-electron chi connectivity index (χ2n) is 6.40. The minimum atomic E-state index is -3.35. The summed E-state index contributed by atoms with van der Waals surface area (Å²) in [5.41, 5.74) is 3.47. The zero-order chi connectivity index (χ0) is 20.4. The first kappa shape index (κ1) is 19.2. The van der Waals surface area contributed by atoms with Crippen LogP contribution in [0, 0.1) is 0 Å². The van der Waals surface area contributed by atoms with Crippen LogP contribution in [0.1, 0.15) is 0 Å². The molecule has 146 valence electrons. The lowest BCUT2D eigenvalue weighted by atomic mass is 10.1. The minimum Gasteiger partial charge on any atom is -0.437 e. The number of para-hydroxylation sites is 1. The van der Waals surface area contributed by atoms with Crippen LogP contribution in [-0.2, 0) is 10.0 Å². The Morgan fingerprint density at radius 2 is 1.69 bits per heavy atom. The van der Waals surface area contributed by atoms with Crippen molar-refractivity contribution in [3.05, 3.63) is 77.9 Å². The average Bonchev–Trinajstić information content (AvgIpc) is 2.67. The molecule has 1 heterocycles. The lowest BCUT2D eigenvalue weighted by Gasteiger charge is -2.09. The van der Waals surface area contributed by atoms with Gasteiger partial charge in [0.25, 0.3) is 0 Å².